The number of hydrogen-bond acceptors (Lipinski definition) is 3. The Balaban J connectivity index is 2.06. The van der Waals surface area contributed by atoms with Crippen molar-refractivity contribution >= 4 is 17.4 Å². The Morgan fingerprint density at radius 3 is 2.58 bits per heavy atom. The van der Waals surface area contributed by atoms with Crippen LogP contribution in [-0.2, 0) is 0 Å². The smallest absolute Gasteiger partial charge is 0.171 e. The lowest BCUT2D eigenvalue weighted by Gasteiger charge is -2.34. The van der Waals surface area contributed by atoms with Crippen LogP contribution in [0.15, 0.2) is 18.3 Å². The number of nitrogens with zero attached hydrogens (tertiary/aromatic N) is 2. The van der Waals surface area contributed by atoms with Crippen molar-refractivity contribution in [2.24, 2.45) is 5.92 Å². The van der Waals surface area contributed by atoms with Gasteiger partial charge in [-0.2, -0.15) is 0 Å². The fourth-order valence-electron chi connectivity index (χ4n) is 2.54. The van der Waals surface area contributed by atoms with E-state index in [1.165, 1.54) is 0 Å². The summed E-state index contributed by atoms with van der Waals surface area (Å²) in [6.07, 6.45) is 4.26. The van der Waals surface area contributed by atoms with Gasteiger partial charge in [0.25, 0.3) is 0 Å². The average Bonchev–Trinajstić information content (AvgIpc) is 2.39. The molecule has 0 saturated carbocycles. The van der Waals surface area contributed by atoms with Gasteiger partial charge in [0.1, 0.15) is 0 Å². The van der Waals surface area contributed by atoms with Crippen molar-refractivity contribution in [2.45, 2.75) is 45.1 Å². The van der Waals surface area contributed by atoms with Crippen LogP contribution in [0.25, 0.3) is 0 Å². The molecule has 1 aromatic rings. The lowest BCUT2D eigenvalue weighted by Crippen LogP contribution is -2.36. The van der Waals surface area contributed by atoms with E-state index < -0.39 is 0 Å². The van der Waals surface area contributed by atoms with Gasteiger partial charge in [-0.05, 0) is 51.7 Å². The first-order chi connectivity index (χ1) is 9.08. The highest BCUT2D eigenvalue weighted by Gasteiger charge is 2.25. The third-order valence-electron chi connectivity index (χ3n) is 3.60. The number of pyridine rings is 1. The van der Waals surface area contributed by atoms with Crippen molar-refractivity contribution in [3.63, 3.8) is 0 Å². The first kappa shape index (κ1) is 14.4. The van der Waals surface area contributed by atoms with Crippen molar-refractivity contribution in [2.75, 3.05) is 18.0 Å². The number of piperidine rings is 1. The molecule has 0 N–H and O–H groups in total. The molecule has 1 unspecified atom stereocenters. The minimum atomic E-state index is 0.170. The molecule has 2 rings (SSSR count). The third kappa shape index (κ3) is 3.75. The van der Waals surface area contributed by atoms with Crippen molar-refractivity contribution < 1.29 is 4.74 Å². The molecule has 1 aliphatic heterocycles. The van der Waals surface area contributed by atoms with Gasteiger partial charge in [-0.25, -0.2) is 4.98 Å². The zero-order chi connectivity index (χ0) is 13.8. The highest BCUT2D eigenvalue weighted by molar-refractivity contribution is 6.20. The Hall–Kier alpha value is -0.960. The molecule has 0 aliphatic carbocycles. The minimum absolute atomic E-state index is 0.170. The summed E-state index contributed by atoms with van der Waals surface area (Å²) in [5.41, 5.74) is 0. The Kier molecular flexibility index (Phi) is 4.92. The second kappa shape index (κ2) is 6.47. The van der Waals surface area contributed by atoms with E-state index in [2.05, 4.69) is 16.8 Å². The van der Waals surface area contributed by atoms with Gasteiger partial charge < -0.3 is 9.64 Å². The Morgan fingerprint density at radius 1 is 1.32 bits per heavy atom. The minimum Gasteiger partial charge on any atom is -0.487 e. The topological polar surface area (TPSA) is 25.4 Å². The highest BCUT2D eigenvalue weighted by Crippen LogP contribution is 2.31. The number of hydrogen-bond donors (Lipinski definition) is 0. The summed E-state index contributed by atoms with van der Waals surface area (Å²) in [7, 11) is 0. The first-order valence-electron chi connectivity index (χ1n) is 7.08. The van der Waals surface area contributed by atoms with E-state index in [1.807, 2.05) is 32.2 Å². The van der Waals surface area contributed by atoms with E-state index in [9.17, 15) is 0 Å². The number of halogens is 1. The lowest BCUT2D eigenvalue weighted by atomic mass is 9.94. The van der Waals surface area contributed by atoms with E-state index in [-0.39, 0.29) is 11.5 Å². The Bertz CT molecular complexity index is 401. The van der Waals surface area contributed by atoms with Crippen molar-refractivity contribution in [3.05, 3.63) is 18.3 Å². The standard InChI is InChI=1S/C15H23ClN2O/c1-11(2)19-14-5-4-8-17-15(14)18-9-6-13(7-10-18)12(3)16/h4-5,8,11-13H,6-7,9-10H2,1-3H3. The molecular weight excluding hydrogens is 260 g/mol. The fourth-order valence-corrected chi connectivity index (χ4v) is 2.79. The molecule has 0 spiro atoms. The van der Waals surface area contributed by atoms with Gasteiger partial charge >= 0.3 is 0 Å². The van der Waals surface area contributed by atoms with Crippen LogP contribution >= 0.6 is 11.6 Å². The lowest BCUT2D eigenvalue weighted by molar-refractivity contribution is 0.241. The second-order valence-corrected chi connectivity index (χ2v) is 6.18. The fraction of sp³-hybridized carbons (Fsp3) is 0.667. The monoisotopic (exact) mass is 282 g/mol. The summed E-state index contributed by atoms with van der Waals surface area (Å²) in [4.78, 5) is 6.81. The van der Waals surface area contributed by atoms with Gasteiger partial charge in [-0.15, -0.1) is 11.6 Å². The van der Waals surface area contributed by atoms with Crippen molar-refractivity contribution in [3.8, 4) is 5.75 Å². The van der Waals surface area contributed by atoms with Crippen LogP contribution in [0, 0.1) is 5.92 Å². The third-order valence-corrected chi connectivity index (χ3v) is 3.96. The summed E-state index contributed by atoms with van der Waals surface area (Å²) < 4.78 is 5.84. The number of rotatable bonds is 4. The molecule has 106 valence electrons. The largest absolute Gasteiger partial charge is 0.487 e. The van der Waals surface area contributed by atoms with Crippen LogP contribution in [0.1, 0.15) is 33.6 Å². The van der Waals surface area contributed by atoms with Gasteiger partial charge in [0.2, 0.25) is 0 Å². The molecule has 4 heteroatoms. The number of aromatic nitrogens is 1. The zero-order valence-corrected chi connectivity index (χ0v) is 12.7. The highest BCUT2D eigenvalue weighted by atomic mass is 35.5. The Morgan fingerprint density at radius 2 is 2.00 bits per heavy atom. The Labute approximate surface area is 120 Å². The van der Waals surface area contributed by atoms with Gasteiger partial charge in [-0.1, -0.05) is 0 Å². The van der Waals surface area contributed by atoms with Crippen molar-refractivity contribution in [1.82, 2.24) is 4.98 Å². The molecule has 0 amide bonds. The van der Waals surface area contributed by atoms with E-state index in [0.29, 0.717) is 5.92 Å². The molecule has 19 heavy (non-hydrogen) atoms. The molecule has 1 saturated heterocycles. The summed E-state index contributed by atoms with van der Waals surface area (Å²) in [6.45, 7) is 8.19. The van der Waals surface area contributed by atoms with Gasteiger partial charge in [0, 0.05) is 24.7 Å². The van der Waals surface area contributed by atoms with Crippen LogP contribution in [0.3, 0.4) is 0 Å². The summed E-state index contributed by atoms with van der Waals surface area (Å²) in [6, 6.07) is 3.92. The van der Waals surface area contributed by atoms with Crippen LogP contribution < -0.4 is 9.64 Å². The molecule has 0 bridgehead atoms. The maximum absolute atomic E-state index is 6.19. The predicted molar refractivity (Wildman–Crippen MR) is 80.3 cm³/mol. The summed E-state index contributed by atoms with van der Waals surface area (Å²) in [5.74, 6) is 2.47. The zero-order valence-electron chi connectivity index (χ0n) is 12.0. The molecule has 1 fully saturated rings. The normalized spacial score (nSPS) is 18.7. The quantitative estimate of drug-likeness (QED) is 0.787. The first-order valence-corrected chi connectivity index (χ1v) is 7.52. The molecular formula is C15H23ClN2O. The van der Waals surface area contributed by atoms with Crippen LogP contribution in [0.2, 0.25) is 0 Å². The van der Waals surface area contributed by atoms with Gasteiger partial charge in [0.05, 0.1) is 6.10 Å². The van der Waals surface area contributed by atoms with Crippen LogP contribution in [0.5, 0.6) is 5.75 Å². The van der Waals surface area contributed by atoms with E-state index >= 15 is 0 Å². The number of alkyl halides is 1. The number of ether oxygens (including phenoxy) is 1. The SMILES string of the molecule is CC(C)Oc1cccnc1N1CCC(C(C)Cl)CC1. The molecule has 0 aromatic carbocycles. The predicted octanol–water partition coefficient (Wildman–Crippen LogP) is 3.71. The summed E-state index contributed by atoms with van der Waals surface area (Å²) in [5, 5.41) is 0.261. The molecule has 0 radical (unpaired) electrons. The second-order valence-electron chi connectivity index (χ2n) is 5.49. The van der Waals surface area contributed by atoms with Crippen LogP contribution in [-0.4, -0.2) is 29.6 Å². The van der Waals surface area contributed by atoms with Crippen molar-refractivity contribution in [1.29, 1.82) is 0 Å². The van der Waals surface area contributed by atoms with E-state index in [4.69, 9.17) is 16.3 Å². The maximum atomic E-state index is 6.19. The van der Waals surface area contributed by atoms with E-state index in [0.717, 1.165) is 37.5 Å². The van der Waals surface area contributed by atoms with E-state index in [1.54, 1.807) is 0 Å². The molecule has 2 heterocycles. The molecule has 1 aromatic heterocycles. The van der Waals surface area contributed by atoms with Gasteiger partial charge in [0.15, 0.2) is 11.6 Å². The maximum Gasteiger partial charge on any atom is 0.171 e. The van der Waals surface area contributed by atoms with Crippen LogP contribution in [0.4, 0.5) is 5.82 Å². The summed E-state index contributed by atoms with van der Waals surface area (Å²) >= 11 is 6.19. The molecule has 3 nitrogen and oxygen atoms in total. The molecule has 1 aliphatic rings. The van der Waals surface area contributed by atoms with Gasteiger partial charge in [-0.3, -0.25) is 0 Å². The average molecular weight is 283 g/mol. The molecule has 1 atom stereocenters. The number of anilines is 1.